The molecule has 0 bridgehead atoms. The highest BCUT2D eigenvalue weighted by Gasteiger charge is 2.38. The van der Waals surface area contributed by atoms with E-state index in [1.807, 2.05) is 12.5 Å². The van der Waals surface area contributed by atoms with Gasteiger partial charge >= 0.3 is 0 Å². The van der Waals surface area contributed by atoms with Gasteiger partial charge in [0, 0.05) is 24.9 Å². The van der Waals surface area contributed by atoms with Gasteiger partial charge in [-0.15, -0.1) is 0 Å². The van der Waals surface area contributed by atoms with Crippen LogP contribution in [0.4, 0.5) is 0 Å². The molecular formula is C15H24N4O. The fourth-order valence-electron chi connectivity index (χ4n) is 3.66. The number of hydrogen-bond acceptors (Lipinski definition) is 3. The lowest BCUT2D eigenvalue weighted by atomic mass is 9.66. The highest BCUT2D eigenvalue weighted by atomic mass is 16.1. The van der Waals surface area contributed by atoms with Crippen LogP contribution in [0.5, 0.6) is 0 Å². The number of carbonyl (C=O) groups is 1. The second-order valence-electron chi connectivity index (χ2n) is 6.42. The van der Waals surface area contributed by atoms with Crippen LogP contribution in [0.3, 0.4) is 0 Å². The minimum absolute atomic E-state index is 0.0905. The minimum atomic E-state index is 0.0905. The first-order valence-corrected chi connectivity index (χ1v) is 7.69. The molecule has 1 amide bonds. The van der Waals surface area contributed by atoms with E-state index in [4.69, 9.17) is 5.73 Å². The van der Waals surface area contributed by atoms with E-state index >= 15 is 0 Å². The van der Waals surface area contributed by atoms with E-state index < -0.39 is 0 Å². The molecule has 2 fully saturated rings. The van der Waals surface area contributed by atoms with Crippen molar-refractivity contribution in [1.29, 1.82) is 0 Å². The summed E-state index contributed by atoms with van der Waals surface area (Å²) in [6.07, 6.45) is 13.0. The third-order valence-corrected chi connectivity index (χ3v) is 5.12. The van der Waals surface area contributed by atoms with Crippen molar-refractivity contribution >= 4 is 5.91 Å². The van der Waals surface area contributed by atoms with Gasteiger partial charge in [-0.2, -0.15) is 0 Å². The molecule has 3 N–H and O–H groups in total. The third kappa shape index (κ3) is 2.59. The normalized spacial score (nSPS) is 28.1. The van der Waals surface area contributed by atoms with Crippen molar-refractivity contribution in [1.82, 2.24) is 14.9 Å². The predicted molar refractivity (Wildman–Crippen MR) is 77.0 cm³/mol. The summed E-state index contributed by atoms with van der Waals surface area (Å²) in [4.78, 5) is 16.4. The standard InChI is InChI=1S/C15H24N4O/c16-10-15(5-2-6-15)9-14(20)18-12-3-1-4-13(12)19-8-7-17-11-19/h7-8,11-13H,1-6,9-10,16H2,(H,18,20). The first-order chi connectivity index (χ1) is 9.72. The van der Waals surface area contributed by atoms with Gasteiger partial charge in [0.15, 0.2) is 0 Å². The average molecular weight is 276 g/mol. The van der Waals surface area contributed by atoms with Crippen LogP contribution in [0.1, 0.15) is 51.0 Å². The van der Waals surface area contributed by atoms with Gasteiger partial charge in [-0.1, -0.05) is 6.42 Å². The van der Waals surface area contributed by atoms with Crippen molar-refractivity contribution in [2.75, 3.05) is 6.54 Å². The molecular weight excluding hydrogens is 252 g/mol. The number of rotatable bonds is 5. The Morgan fingerprint density at radius 1 is 1.40 bits per heavy atom. The molecule has 5 heteroatoms. The zero-order valence-electron chi connectivity index (χ0n) is 11.9. The molecule has 2 unspecified atom stereocenters. The molecule has 110 valence electrons. The summed E-state index contributed by atoms with van der Waals surface area (Å²) < 4.78 is 2.12. The van der Waals surface area contributed by atoms with E-state index in [2.05, 4.69) is 14.9 Å². The first kappa shape index (κ1) is 13.6. The summed E-state index contributed by atoms with van der Waals surface area (Å²) in [6.45, 7) is 0.635. The lowest BCUT2D eigenvalue weighted by molar-refractivity contribution is -0.125. The highest BCUT2D eigenvalue weighted by molar-refractivity contribution is 5.77. The van der Waals surface area contributed by atoms with Crippen LogP contribution in [0.2, 0.25) is 0 Å². The second kappa shape index (κ2) is 5.56. The van der Waals surface area contributed by atoms with E-state index in [0.717, 1.165) is 32.1 Å². The molecule has 3 rings (SSSR count). The van der Waals surface area contributed by atoms with Crippen molar-refractivity contribution in [3.8, 4) is 0 Å². The van der Waals surface area contributed by atoms with Gasteiger partial charge in [-0.05, 0) is 44.1 Å². The summed E-state index contributed by atoms with van der Waals surface area (Å²) in [5.74, 6) is 0.173. The van der Waals surface area contributed by atoms with Crippen molar-refractivity contribution < 1.29 is 4.79 Å². The summed E-state index contributed by atoms with van der Waals surface area (Å²) in [6, 6.07) is 0.600. The highest BCUT2D eigenvalue weighted by Crippen LogP contribution is 2.43. The zero-order chi connectivity index (χ0) is 14.0. The Balaban J connectivity index is 1.58. The molecule has 0 aliphatic heterocycles. The first-order valence-electron chi connectivity index (χ1n) is 7.69. The molecule has 2 saturated carbocycles. The van der Waals surface area contributed by atoms with Crippen molar-refractivity contribution in [2.24, 2.45) is 11.1 Å². The number of nitrogens with two attached hydrogens (primary N) is 1. The monoisotopic (exact) mass is 276 g/mol. The van der Waals surface area contributed by atoms with E-state index in [-0.39, 0.29) is 17.4 Å². The molecule has 0 aromatic carbocycles. The number of aromatic nitrogens is 2. The second-order valence-corrected chi connectivity index (χ2v) is 6.42. The Bertz CT molecular complexity index is 447. The van der Waals surface area contributed by atoms with Crippen molar-refractivity contribution in [3.63, 3.8) is 0 Å². The van der Waals surface area contributed by atoms with Gasteiger partial charge < -0.3 is 15.6 Å². The number of nitrogens with zero attached hydrogens (tertiary/aromatic N) is 2. The van der Waals surface area contributed by atoms with E-state index in [1.165, 1.54) is 6.42 Å². The molecule has 2 aliphatic carbocycles. The third-order valence-electron chi connectivity index (χ3n) is 5.12. The van der Waals surface area contributed by atoms with Crippen LogP contribution < -0.4 is 11.1 Å². The number of hydrogen-bond donors (Lipinski definition) is 2. The molecule has 1 aromatic heterocycles. The molecule has 0 radical (unpaired) electrons. The van der Waals surface area contributed by atoms with Gasteiger partial charge in [0.1, 0.15) is 0 Å². The average Bonchev–Trinajstić information content (AvgIpc) is 3.03. The van der Waals surface area contributed by atoms with Gasteiger partial charge in [0.2, 0.25) is 5.91 Å². The molecule has 5 nitrogen and oxygen atoms in total. The number of nitrogens with one attached hydrogen (secondary N) is 1. The van der Waals surface area contributed by atoms with Crippen LogP contribution in [-0.4, -0.2) is 28.0 Å². The van der Waals surface area contributed by atoms with E-state index in [1.54, 1.807) is 6.20 Å². The van der Waals surface area contributed by atoms with Crippen LogP contribution in [-0.2, 0) is 4.79 Å². The van der Waals surface area contributed by atoms with Crippen LogP contribution in [0, 0.1) is 5.41 Å². The minimum Gasteiger partial charge on any atom is -0.351 e. The van der Waals surface area contributed by atoms with Crippen molar-refractivity contribution in [3.05, 3.63) is 18.7 Å². The van der Waals surface area contributed by atoms with Gasteiger partial charge in [0.05, 0.1) is 12.4 Å². The van der Waals surface area contributed by atoms with Crippen LogP contribution >= 0.6 is 0 Å². The Morgan fingerprint density at radius 2 is 2.25 bits per heavy atom. The maximum absolute atomic E-state index is 12.3. The number of carbonyl (C=O) groups excluding carboxylic acids is 1. The zero-order valence-corrected chi connectivity index (χ0v) is 11.9. The summed E-state index contributed by atoms with van der Waals surface area (Å²) in [5.41, 5.74) is 5.93. The number of amides is 1. The quantitative estimate of drug-likeness (QED) is 0.858. The molecule has 1 aromatic rings. The molecule has 2 aliphatic rings. The molecule has 0 spiro atoms. The largest absolute Gasteiger partial charge is 0.351 e. The van der Waals surface area contributed by atoms with Gasteiger partial charge in [-0.25, -0.2) is 4.98 Å². The topological polar surface area (TPSA) is 72.9 Å². The number of imidazole rings is 1. The summed E-state index contributed by atoms with van der Waals surface area (Å²) in [7, 11) is 0. The van der Waals surface area contributed by atoms with Gasteiger partial charge in [-0.3, -0.25) is 4.79 Å². The molecule has 0 saturated heterocycles. The van der Waals surface area contributed by atoms with E-state index in [9.17, 15) is 4.79 Å². The molecule has 1 heterocycles. The van der Waals surface area contributed by atoms with Crippen LogP contribution in [0.15, 0.2) is 18.7 Å². The van der Waals surface area contributed by atoms with Crippen LogP contribution in [0.25, 0.3) is 0 Å². The lowest BCUT2D eigenvalue weighted by Gasteiger charge is -2.40. The van der Waals surface area contributed by atoms with E-state index in [0.29, 0.717) is 19.0 Å². The van der Waals surface area contributed by atoms with Crippen molar-refractivity contribution in [2.45, 2.75) is 57.0 Å². The molecule has 20 heavy (non-hydrogen) atoms. The molecule has 2 atom stereocenters. The Morgan fingerprint density at radius 3 is 2.85 bits per heavy atom. The Kier molecular flexibility index (Phi) is 3.78. The smallest absolute Gasteiger partial charge is 0.220 e. The Hall–Kier alpha value is -1.36. The maximum Gasteiger partial charge on any atom is 0.220 e. The lowest BCUT2D eigenvalue weighted by Crippen LogP contribution is -2.45. The fourth-order valence-corrected chi connectivity index (χ4v) is 3.66. The maximum atomic E-state index is 12.3. The summed E-state index contributed by atoms with van der Waals surface area (Å²) >= 11 is 0. The fraction of sp³-hybridized carbons (Fsp3) is 0.733. The summed E-state index contributed by atoms with van der Waals surface area (Å²) in [5, 5.41) is 3.23. The predicted octanol–water partition coefficient (Wildman–Crippen LogP) is 1.61. The van der Waals surface area contributed by atoms with Gasteiger partial charge in [0.25, 0.3) is 0 Å². The Labute approximate surface area is 119 Å². The SMILES string of the molecule is NCC1(CC(=O)NC2CCCC2n2ccnc2)CCC1.